The Balaban J connectivity index is 5.39. The van der Waals surface area contributed by atoms with Crippen molar-refractivity contribution < 1.29 is 0 Å². The summed E-state index contributed by atoms with van der Waals surface area (Å²) < 4.78 is 0. The minimum atomic E-state index is -1.87. The third-order valence-corrected chi connectivity index (χ3v) is 9.48. The Labute approximate surface area is 141 Å². The molecule has 0 saturated carbocycles. The highest BCUT2D eigenvalue weighted by Gasteiger charge is 2.22. The van der Waals surface area contributed by atoms with E-state index in [2.05, 4.69) is 96.7 Å². The van der Waals surface area contributed by atoms with Gasteiger partial charge in [-0.15, -0.1) is 57.2 Å². The molecule has 0 aromatic heterocycles. The van der Waals surface area contributed by atoms with E-state index >= 15 is 0 Å². The molecule has 0 radical (unpaired) electrons. The molecule has 0 bridgehead atoms. The molecule has 0 heterocycles. The molecule has 0 amide bonds. The zero-order valence-corrected chi connectivity index (χ0v) is 19.2. The molecule has 0 aromatic carbocycles. The summed E-state index contributed by atoms with van der Waals surface area (Å²) in [5.74, 6) is 0. The summed E-state index contributed by atoms with van der Waals surface area (Å²) in [6, 6.07) is 0. The van der Waals surface area contributed by atoms with Gasteiger partial charge in [0.2, 0.25) is 32.3 Å². The van der Waals surface area contributed by atoms with Crippen LogP contribution in [-0.4, -0.2) is 32.3 Å². The van der Waals surface area contributed by atoms with Gasteiger partial charge in [0, 0.05) is 0 Å². The fraction of sp³-hybridized carbons (Fsp3) is 0.444. The maximum atomic E-state index is 5.54. The zero-order valence-electron chi connectivity index (χ0n) is 15.2. The normalized spacial score (nSPS) is 11.4. The first-order valence-electron chi connectivity index (χ1n) is 7.33. The molecule has 0 unspecified atom stereocenters. The second-order valence-electron chi connectivity index (χ2n) is 7.54. The molecule has 0 atom stereocenters. The van der Waals surface area contributed by atoms with Crippen LogP contribution in [0.1, 0.15) is 0 Å². The second-order valence-corrected chi connectivity index (χ2v) is 22.6. The molecule has 114 valence electrons. The maximum Gasteiger partial charge on any atom is 0.209 e. The quantitative estimate of drug-likeness (QED) is 0.462. The van der Waals surface area contributed by atoms with Gasteiger partial charge in [0.05, 0.1) is 0 Å². The Bertz CT molecular complexity index is 630. The zero-order chi connectivity index (χ0) is 17.7. The van der Waals surface area contributed by atoms with Crippen molar-refractivity contribution in [2.45, 2.75) is 52.4 Å². The fourth-order valence-electron chi connectivity index (χ4n) is 1.07. The molecule has 4 heteroatoms. The Morgan fingerprint density at radius 1 is 0.409 bits per heavy atom. The van der Waals surface area contributed by atoms with E-state index < -0.39 is 32.3 Å². The van der Waals surface area contributed by atoms with Crippen LogP contribution < -0.4 is 0 Å². The van der Waals surface area contributed by atoms with E-state index in [4.69, 9.17) is 12.8 Å². The molecule has 0 nitrogen and oxygen atoms in total. The summed E-state index contributed by atoms with van der Waals surface area (Å²) in [4.78, 5) is 0. The molecule has 0 aliphatic carbocycles. The van der Waals surface area contributed by atoms with Crippen molar-refractivity contribution in [3.8, 4) is 57.2 Å². The van der Waals surface area contributed by atoms with Crippen LogP contribution in [0.3, 0.4) is 0 Å². The summed E-state index contributed by atoms with van der Waals surface area (Å²) in [5.41, 5.74) is 26.0. The third kappa shape index (κ3) is 8.84. The highest BCUT2D eigenvalue weighted by atomic mass is 28.3. The topological polar surface area (TPSA) is 0 Å². The van der Waals surface area contributed by atoms with Crippen molar-refractivity contribution in [1.82, 2.24) is 0 Å². The molecule has 0 N–H and O–H groups in total. The predicted molar refractivity (Wildman–Crippen MR) is 111 cm³/mol. The summed E-state index contributed by atoms with van der Waals surface area (Å²) in [6.07, 6.45) is 11.1. The van der Waals surface area contributed by atoms with Gasteiger partial charge < -0.3 is 0 Å². The standard InChI is InChI=1S/C18H26Si4/c1-11-19(3,4)13-15-21(7,8)17-18-22(9,10)16-14-20(5,6)12-2/h1-2H,3-10H3. The van der Waals surface area contributed by atoms with Crippen LogP contribution in [0.25, 0.3) is 0 Å². The van der Waals surface area contributed by atoms with Crippen LogP contribution in [0.2, 0.25) is 52.4 Å². The van der Waals surface area contributed by atoms with Crippen LogP contribution in [0, 0.1) is 57.2 Å². The van der Waals surface area contributed by atoms with Crippen molar-refractivity contribution >= 4 is 32.3 Å². The summed E-state index contributed by atoms with van der Waals surface area (Å²) >= 11 is 0. The largest absolute Gasteiger partial charge is 0.209 e. The van der Waals surface area contributed by atoms with Crippen molar-refractivity contribution in [3.63, 3.8) is 0 Å². The Morgan fingerprint density at radius 2 is 0.591 bits per heavy atom. The Morgan fingerprint density at radius 3 is 0.773 bits per heavy atom. The van der Waals surface area contributed by atoms with Crippen LogP contribution in [0.15, 0.2) is 0 Å². The molecule has 0 aliphatic heterocycles. The lowest BCUT2D eigenvalue weighted by molar-refractivity contribution is 1.90. The first-order chi connectivity index (χ1) is 9.74. The van der Waals surface area contributed by atoms with E-state index in [-0.39, 0.29) is 0 Å². The minimum Gasteiger partial charge on any atom is -0.126 e. The second kappa shape index (κ2) is 7.29. The highest BCUT2D eigenvalue weighted by molar-refractivity contribution is 7.00. The van der Waals surface area contributed by atoms with Gasteiger partial charge >= 0.3 is 0 Å². The van der Waals surface area contributed by atoms with Gasteiger partial charge in [-0.2, -0.15) is 0 Å². The van der Waals surface area contributed by atoms with Crippen molar-refractivity contribution in [1.29, 1.82) is 0 Å². The van der Waals surface area contributed by atoms with Crippen LogP contribution in [0.4, 0.5) is 0 Å². The van der Waals surface area contributed by atoms with Crippen molar-refractivity contribution in [2.75, 3.05) is 0 Å². The lowest BCUT2D eigenvalue weighted by Crippen LogP contribution is -2.29. The molecule has 0 aromatic rings. The maximum absolute atomic E-state index is 5.54. The van der Waals surface area contributed by atoms with Gasteiger partial charge in [0.1, 0.15) is 0 Å². The summed E-state index contributed by atoms with van der Waals surface area (Å²) in [7, 11) is -7.35. The average Bonchev–Trinajstić information content (AvgIpc) is 2.42. The van der Waals surface area contributed by atoms with Gasteiger partial charge in [-0.1, -0.05) is 0 Å². The number of terminal acetylenes is 2. The number of hydrogen-bond donors (Lipinski definition) is 0. The lowest BCUT2D eigenvalue weighted by Gasteiger charge is -2.11. The number of rotatable bonds is 0. The lowest BCUT2D eigenvalue weighted by atomic mass is 11.3. The summed E-state index contributed by atoms with van der Waals surface area (Å²) in [6.45, 7) is 17.1. The van der Waals surface area contributed by atoms with Gasteiger partial charge in [0.25, 0.3) is 0 Å². The first-order valence-corrected chi connectivity index (χ1v) is 19.3. The van der Waals surface area contributed by atoms with Crippen LogP contribution in [-0.2, 0) is 0 Å². The van der Waals surface area contributed by atoms with Crippen LogP contribution >= 0.6 is 0 Å². The molecular weight excluding hydrogens is 329 g/mol. The van der Waals surface area contributed by atoms with Gasteiger partial charge in [-0.05, 0) is 52.4 Å². The SMILES string of the molecule is C#C[Si](C)(C)C#C[Si](C)(C)C#C[Si](C)(C)C#C[Si](C)(C)C#C. The predicted octanol–water partition coefficient (Wildman–Crippen LogP) is 3.41. The van der Waals surface area contributed by atoms with Crippen molar-refractivity contribution in [2.24, 2.45) is 0 Å². The monoisotopic (exact) mass is 354 g/mol. The first kappa shape index (κ1) is 20.7. The molecular formula is C18H26Si4. The minimum absolute atomic E-state index is 1.81. The van der Waals surface area contributed by atoms with E-state index in [0.29, 0.717) is 0 Å². The third-order valence-electron chi connectivity index (χ3n) is 2.78. The smallest absolute Gasteiger partial charge is 0.126 e. The van der Waals surface area contributed by atoms with E-state index in [9.17, 15) is 0 Å². The molecule has 0 fully saturated rings. The van der Waals surface area contributed by atoms with E-state index in [0.717, 1.165) is 0 Å². The van der Waals surface area contributed by atoms with Gasteiger partial charge in [-0.25, -0.2) is 0 Å². The fourth-order valence-corrected chi connectivity index (χ4v) is 8.84. The number of hydrogen-bond acceptors (Lipinski definition) is 0. The van der Waals surface area contributed by atoms with E-state index in [1.165, 1.54) is 0 Å². The molecule has 0 saturated heterocycles. The van der Waals surface area contributed by atoms with E-state index in [1.54, 1.807) is 0 Å². The van der Waals surface area contributed by atoms with Crippen LogP contribution in [0.5, 0.6) is 0 Å². The molecule has 0 aliphatic rings. The van der Waals surface area contributed by atoms with Crippen molar-refractivity contribution in [3.05, 3.63) is 0 Å². The van der Waals surface area contributed by atoms with Gasteiger partial charge in [0.15, 0.2) is 0 Å². The Kier molecular flexibility index (Phi) is 6.85. The molecule has 22 heavy (non-hydrogen) atoms. The Hall–Kier alpha value is -1.33. The average molecular weight is 355 g/mol. The molecule has 0 spiro atoms. The summed E-state index contributed by atoms with van der Waals surface area (Å²) in [5, 5.41) is 0. The highest BCUT2D eigenvalue weighted by Crippen LogP contribution is 2.05. The van der Waals surface area contributed by atoms with E-state index in [1.807, 2.05) is 0 Å². The molecule has 0 rings (SSSR count). The van der Waals surface area contributed by atoms with Gasteiger partial charge in [-0.3, -0.25) is 0 Å².